The molecule has 0 radical (unpaired) electrons. The van der Waals surface area contributed by atoms with Crippen molar-refractivity contribution in [1.82, 2.24) is 24.8 Å². The predicted molar refractivity (Wildman–Crippen MR) is 66.4 cm³/mol. The van der Waals surface area contributed by atoms with E-state index in [1.165, 1.54) is 11.5 Å². The Morgan fingerprint density at radius 2 is 2.24 bits per heavy atom. The van der Waals surface area contributed by atoms with Gasteiger partial charge in [-0.2, -0.15) is 5.10 Å². The molecule has 0 saturated carbocycles. The van der Waals surface area contributed by atoms with E-state index < -0.39 is 0 Å². The van der Waals surface area contributed by atoms with E-state index in [0.29, 0.717) is 5.92 Å². The van der Waals surface area contributed by atoms with Crippen LogP contribution in [0.15, 0.2) is 12.4 Å². The van der Waals surface area contributed by atoms with Crippen LogP contribution in [-0.2, 0) is 7.05 Å². The second-order valence-electron chi connectivity index (χ2n) is 4.22. The number of aryl methyl sites for hydroxylation is 1. The zero-order chi connectivity index (χ0) is 12.4. The van der Waals surface area contributed by atoms with E-state index in [-0.39, 0.29) is 6.04 Å². The van der Waals surface area contributed by atoms with Gasteiger partial charge in [0.2, 0.25) is 0 Å². The summed E-state index contributed by atoms with van der Waals surface area (Å²) in [7, 11) is 1.88. The van der Waals surface area contributed by atoms with E-state index in [9.17, 15) is 0 Å². The number of hydrazine groups is 1. The number of aromatic nitrogens is 4. The van der Waals surface area contributed by atoms with E-state index in [1.807, 2.05) is 13.2 Å². The maximum atomic E-state index is 5.64. The Morgan fingerprint density at radius 3 is 2.76 bits per heavy atom. The maximum absolute atomic E-state index is 5.64. The Labute approximate surface area is 104 Å². The largest absolute Gasteiger partial charge is 0.275 e. The third kappa shape index (κ3) is 2.36. The Kier molecular flexibility index (Phi) is 3.51. The van der Waals surface area contributed by atoms with Crippen LogP contribution in [0.4, 0.5) is 0 Å². The van der Waals surface area contributed by atoms with Gasteiger partial charge in [0.25, 0.3) is 0 Å². The van der Waals surface area contributed by atoms with E-state index >= 15 is 0 Å². The Balaban J connectivity index is 2.38. The Morgan fingerprint density at radius 1 is 1.47 bits per heavy atom. The van der Waals surface area contributed by atoms with Crippen LogP contribution in [0.3, 0.4) is 0 Å². The first-order chi connectivity index (χ1) is 8.13. The lowest BCUT2D eigenvalue weighted by Gasteiger charge is -2.14. The predicted octanol–water partition coefficient (Wildman–Crippen LogP) is 0.948. The van der Waals surface area contributed by atoms with Crippen LogP contribution in [0, 0.1) is 0 Å². The number of nitrogens with zero attached hydrogens (tertiary/aromatic N) is 4. The standard InChI is InChI=1S/C10H16N6S/c1-6(2)8-10(17-15-14-8)9(13-11)7-4-12-16(3)5-7/h4-6,9,13H,11H2,1-3H3. The smallest absolute Gasteiger partial charge is 0.0868 e. The van der Waals surface area contributed by atoms with Crippen LogP contribution in [0.5, 0.6) is 0 Å². The van der Waals surface area contributed by atoms with Crippen LogP contribution < -0.4 is 11.3 Å². The Hall–Kier alpha value is -1.31. The summed E-state index contributed by atoms with van der Waals surface area (Å²) in [5.74, 6) is 5.97. The molecule has 6 nitrogen and oxygen atoms in total. The quantitative estimate of drug-likeness (QED) is 0.625. The molecule has 0 bridgehead atoms. The molecule has 2 aromatic rings. The molecule has 0 aliphatic rings. The van der Waals surface area contributed by atoms with E-state index in [0.717, 1.165) is 16.1 Å². The molecule has 0 fully saturated rings. The second-order valence-corrected chi connectivity index (χ2v) is 5.01. The van der Waals surface area contributed by atoms with Crippen LogP contribution >= 0.6 is 11.5 Å². The average Bonchev–Trinajstić information content (AvgIpc) is 2.89. The summed E-state index contributed by atoms with van der Waals surface area (Å²) in [4.78, 5) is 1.05. The van der Waals surface area contributed by atoms with Crippen molar-refractivity contribution in [1.29, 1.82) is 0 Å². The molecular weight excluding hydrogens is 236 g/mol. The summed E-state index contributed by atoms with van der Waals surface area (Å²) < 4.78 is 5.77. The van der Waals surface area contributed by atoms with Crippen molar-refractivity contribution in [2.45, 2.75) is 25.8 Å². The van der Waals surface area contributed by atoms with Gasteiger partial charge >= 0.3 is 0 Å². The lowest BCUT2D eigenvalue weighted by molar-refractivity contribution is 0.630. The lowest BCUT2D eigenvalue weighted by Crippen LogP contribution is -2.28. The molecule has 17 heavy (non-hydrogen) atoms. The highest BCUT2D eigenvalue weighted by atomic mass is 32.1. The summed E-state index contributed by atoms with van der Waals surface area (Å²) in [5, 5.41) is 8.32. The minimum absolute atomic E-state index is 0.0962. The summed E-state index contributed by atoms with van der Waals surface area (Å²) in [6.07, 6.45) is 3.74. The number of hydrogen-bond donors (Lipinski definition) is 2. The number of rotatable bonds is 4. The van der Waals surface area contributed by atoms with Gasteiger partial charge in [-0.25, -0.2) is 5.43 Å². The molecule has 0 aliphatic heterocycles. The first-order valence-corrected chi connectivity index (χ1v) is 6.17. The zero-order valence-electron chi connectivity index (χ0n) is 10.1. The van der Waals surface area contributed by atoms with Gasteiger partial charge in [-0.1, -0.05) is 18.3 Å². The monoisotopic (exact) mass is 252 g/mol. The highest BCUT2D eigenvalue weighted by molar-refractivity contribution is 7.05. The fourth-order valence-electron chi connectivity index (χ4n) is 1.72. The number of nitrogens with one attached hydrogen (secondary N) is 1. The van der Waals surface area contributed by atoms with Crippen molar-refractivity contribution >= 4 is 11.5 Å². The molecule has 0 spiro atoms. The molecule has 0 amide bonds. The second kappa shape index (κ2) is 4.91. The van der Waals surface area contributed by atoms with Gasteiger partial charge in [-0.05, 0) is 17.5 Å². The third-order valence-corrected chi connectivity index (χ3v) is 3.38. The summed E-state index contributed by atoms with van der Waals surface area (Å²) >= 11 is 1.37. The summed E-state index contributed by atoms with van der Waals surface area (Å²) in [5.41, 5.74) is 4.81. The topological polar surface area (TPSA) is 81.7 Å². The SMILES string of the molecule is CC(C)c1nnsc1C(NN)c1cnn(C)c1. The van der Waals surface area contributed by atoms with Crippen LogP contribution in [0.2, 0.25) is 0 Å². The lowest BCUT2D eigenvalue weighted by atomic mass is 10.0. The first kappa shape index (κ1) is 12.2. The molecule has 0 saturated heterocycles. The first-order valence-electron chi connectivity index (χ1n) is 5.40. The van der Waals surface area contributed by atoms with Crippen molar-refractivity contribution in [3.05, 3.63) is 28.5 Å². The molecule has 1 atom stereocenters. The molecule has 2 heterocycles. The normalized spacial score (nSPS) is 13.2. The van der Waals surface area contributed by atoms with Crippen molar-refractivity contribution in [2.75, 3.05) is 0 Å². The van der Waals surface area contributed by atoms with Crippen molar-refractivity contribution in [3.63, 3.8) is 0 Å². The fourth-order valence-corrected chi connectivity index (χ4v) is 2.61. The summed E-state index contributed by atoms with van der Waals surface area (Å²) in [6.45, 7) is 4.19. The zero-order valence-corrected chi connectivity index (χ0v) is 10.9. The van der Waals surface area contributed by atoms with Gasteiger partial charge in [-0.15, -0.1) is 5.10 Å². The number of nitrogens with two attached hydrogens (primary N) is 1. The van der Waals surface area contributed by atoms with Gasteiger partial charge in [0, 0.05) is 18.8 Å². The average molecular weight is 252 g/mol. The Bertz CT molecular complexity index is 488. The van der Waals surface area contributed by atoms with Gasteiger partial charge < -0.3 is 0 Å². The van der Waals surface area contributed by atoms with Gasteiger partial charge in [0.15, 0.2) is 0 Å². The molecule has 3 N–H and O–H groups in total. The van der Waals surface area contributed by atoms with Crippen LogP contribution in [0.1, 0.15) is 41.9 Å². The molecule has 1 unspecified atom stereocenters. The molecule has 92 valence electrons. The van der Waals surface area contributed by atoms with E-state index in [2.05, 4.69) is 34.0 Å². The minimum atomic E-state index is -0.0962. The van der Waals surface area contributed by atoms with Crippen LogP contribution in [0.25, 0.3) is 0 Å². The highest BCUT2D eigenvalue weighted by Crippen LogP contribution is 2.29. The molecule has 0 aliphatic carbocycles. The molecular formula is C10H16N6S. The van der Waals surface area contributed by atoms with Crippen LogP contribution in [-0.4, -0.2) is 19.4 Å². The maximum Gasteiger partial charge on any atom is 0.0868 e. The van der Waals surface area contributed by atoms with Crippen molar-refractivity contribution in [3.8, 4) is 0 Å². The van der Waals surface area contributed by atoms with Gasteiger partial charge in [0.05, 0.1) is 22.8 Å². The molecule has 2 aromatic heterocycles. The van der Waals surface area contributed by atoms with E-state index in [1.54, 1.807) is 10.9 Å². The molecule has 2 rings (SSSR count). The van der Waals surface area contributed by atoms with Crippen molar-refractivity contribution < 1.29 is 0 Å². The van der Waals surface area contributed by atoms with E-state index in [4.69, 9.17) is 5.84 Å². The number of hydrogen-bond acceptors (Lipinski definition) is 6. The third-order valence-electron chi connectivity index (χ3n) is 2.57. The highest BCUT2D eigenvalue weighted by Gasteiger charge is 2.22. The minimum Gasteiger partial charge on any atom is -0.275 e. The molecule has 7 heteroatoms. The van der Waals surface area contributed by atoms with Gasteiger partial charge in [0.1, 0.15) is 0 Å². The summed E-state index contributed by atoms with van der Waals surface area (Å²) in [6, 6.07) is -0.0962. The van der Waals surface area contributed by atoms with Gasteiger partial charge in [-0.3, -0.25) is 10.5 Å². The molecule has 0 aromatic carbocycles. The fraction of sp³-hybridized carbons (Fsp3) is 0.500. The van der Waals surface area contributed by atoms with Crippen molar-refractivity contribution in [2.24, 2.45) is 12.9 Å².